The molecule has 5 nitrogen and oxygen atoms in total. The maximum absolute atomic E-state index is 13.6. The molecule has 6 heteroatoms. The van der Waals surface area contributed by atoms with Crippen LogP contribution >= 0.6 is 0 Å². The first kappa shape index (κ1) is 17.6. The fraction of sp³-hybridized carbons (Fsp3) is 0.474. The van der Waals surface area contributed by atoms with Crippen molar-refractivity contribution in [3.63, 3.8) is 0 Å². The monoisotopic (exact) mass is 344 g/mol. The molecule has 0 bridgehead atoms. The molecule has 0 radical (unpaired) electrons. The van der Waals surface area contributed by atoms with E-state index < -0.39 is 5.82 Å². The van der Waals surface area contributed by atoms with Gasteiger partial charge in [-0.15, -0.1) is 0 Å². The average molecular weight is 344 g/mol. The zero-order chi connectivity index (χ0) is 17.6. The number of amides is 1. The van der Waals surface area contributed by atoms with Crippen LogP contribution < -0.4 is 5.32 Å². The van der Waals surface area contributed by atoms with Crippen molar-refractivity contribution < 1.29 is 9.18 Å². The average Bonchev–Trinajstić information content (AvgIpc) is 3.06. The molecule has 0 saturated carbocycles. The molecule has 1 fully saturated rings. The van der Waals surface area contributed by atoms with Crippen molar-refractivity contribution in [2.45, 2.75) is 32.7 Å². The lowest BCUT2D eigenvalue weighted by molar-refractivity contribution is -0.117. The van der Waals surface area contributed by atoms with Gasteiger partial charge in [0.2, 0.25) is 5.91 Å². The van der Waals surface area contributed by atoms with Crippen LogP contribution in [0.15, 0.2) is 36.7 Å². The number of imidazole rings is 1. The van der Waals surface area contributed by atoms with Gasteiger partial charge in [-0.05, 0) is 44.0 Å². The number of piperidine rings is 1. The Hall–Kier alpha value is -2.21. The zero-order valence-electron chi connectivity index (χ0n) is 14.6. The summed E-state index contributed by atoms with van der Waals surface area (Å²) in [5.41, 5.74) is 0.245. The van der Waals surface area contributed by atoms with Crippen LogP contribution in [0.5, 0.6) is 0 Å². The van der Waals surface area contributed by atoms with Crippen molar-refractivity contribution in [3.05, 3.63) is 48.3 Å². The van der Waals surface area contributed by atoms with Gasteiger partial charge >= 0.3 is 0 Å². The van der Waals surface area contributed by atoms with Crippen LogP contribution in [0.2, 0.25) is 0 Å². The predicted molar refractivity (Wildman–Crippen MR) is 95.8 cm³/mol. The number of halogens is 1. The van der Waals surface area contributed by atoms with Crippen LogP contribution in [-0.2, 0) is 17.8 Å². The van der Waals surface area contributed by atoms with E-state index in [0.29, 0.717) is 12.5 Å². The fourth-order valence-electron chi connectivity index (χ4n) is 3.38. The van der Waals surface area contributed by atoms with E-state index in [9.17, 15) is 9.18 Å². The predicted octanol–water partition coefficient (Wildman–Crippen LogP) is 2.94. The number of nitrogens with zero attached hydrogens (tertiary/aromatic N) is 3. The molecule has 0 aliphatic carbocycles. The highest BCUT2D eigenvalue weighted by molar-refractivity contribution is 5.92. The Morgan fingerprint density at radius 1 is 1.32 bits per heavy atom. The number of likely N-dealkylation sites (tertiary alicyclic amines) is 1. The summed E-state index contributed by atoms with van der Waals surface area (Å²) in [6.07, 6.45) is 6.98. The van der Waals surface area contributed by atoms with Gasteiger partial charge in [-0.3, -0.25) is 9.69 Å². The first-order valence-corrected chi connectivity index (χ1v) is 8.92. The lowest BCUT2D eigenvalue weighted by Crippen LogP contribution is -2.40. The maximum atomic E-state index is 13.6. The van der Waals surface area contributed by atoms with Crippen molar-refractivity contribution in [3.8, 4) is 0 Å². The summed E-state index contributed by atoms with van der Waals surface area (Å²) in [5, 5.41) is 2.65. The van der Waals surface area contributed by atoms with Crippen LogP contribution in [0.25, 0.3) is 0 Å². The normalized spacial score (nSPS) is 16.1. The molecular formula is C19H25FN4O. The van der Waals surface area contributed by atoms with E-state index in [2.05, 4.69) is 26.7 Å². The zero-order valence-corrected chi connectivity index (χ0v) is 14.6. The summed E-state index contributed by atoms with van der Waals surface area (Å²) in [4.78, 5) is 18.6. The summed E-state index contributed by atoms with van der Waals surface area (Å²) in [5.74, 6) is 1.19. The maximum Gasteiger partial charge on any atom is 0.238 e. The third kappa shape index (κ3) is 4.66. The Kier molecular flexibility index (Phi) is 5.81. The number of carbonyl (C=O) groups excluding carboxylic acids is 1. The van der Waals surface area contributed by atoms with E-state index in [0.717, 1.165) is 44.7 Å². The third-order valence-electron chi connectivity index (χ3n) is 4.80. The molecule has 25 heavy (non-hydrogen) atoms. The van der Waals surface area contributed by atoms with Crippen LogP contribution in [0.3, 0.4) is 0 Å². The molecule has 1 aliphatic rings. The second kappa shape index (κ2) is 8.25. The number of carbonyl (C=O) groups is 1. The third-order valence-corrected chi connectivity index (χ3v) is 4.80. The number of anilines is 1. The lowest BCUT2D eigenvalue weighted by atomic mass is 9.96. The van der Waals surface area contributed by atoms with Gasteiger partial charge in [0.1, 0.15) is 11.6 Å². The highest BCUT2D eigenvalue weighted by atomic mass is 19.1. The molecule has 1 aromatic heterocycles. The van der Waals surface area contributed by atoms with Crippen LogP contribution in [0.4, 0.5) is 10.1 Å². The summed E-state index contributed by atoms with van der Waals surface area (Å²) in [6.45, 7) is 5.22. The molecule has 2 aromatic rings. The van der Waals surface area contributed by atoms with Crippen LogP contribution in [0.1, 0.15) is 25.6 Å². The quantitative estimate of drug-likeness (QED) is 0.876. The number of aromatic nitrogens is 2. The first-order valence-electron chi connectivity index (χ1n) is 8.92. The molecule has 1 aliphatic heterocycles. The molecule has 1 aromatic carbocycles. The van der Waals surface area contributed by atoms with E-state index in [1.54, 1.807) is 18.2 Å². The van der Waals surface area contributed by atoms with Gasteiger partial charge in [0, 0.05) is 25.4 Å². The Balaban J connectivity index is 1.44. The Bertz CT molecular complexity index is 707. The molecule has 2 heterocycles. The van der Waals surface area contributed by atoms with E-state index >= 15 is 0 Å². The highest BCUT2D eigenvalue weighted by Gasteiger charge is 2.22. The highest BCUT2D eigenvalue weighted by Crippen LogP contribution is 2.20. The fourth-order valence-corrected chi connectivity index (χ4v) is 3.38. The second-order valence-electron chi connectivity index (χ2n) is 6.60. The lowest BCUT2D eigenvalue weighted by Gasteiger charge is -2.31. The largest absolute Gasteiger partial charge is 0.335 e. The standard InChI is InChI=1S/C19H25FN4O/c1-2-18-21-9-12-24(18)13-15-7-10-23(11-8-15)14-19(25)22-17-6-4-3-5-16(17)20/h3-6,9,12,15H,2,7-8,10-11,13-14H2,1H3,(H,22,25). The smallest absolute Gasteiger partial charge is 0.238 e. The van der Waals surface area contributed by atoms with E-state index in [1.807, 2.05) is 12.4 Å². The van der Waals surface area contributed by atoms with E-state index in [1.165, 1.54) is 6.07 Å². The number of rotatable bonds is 6. The topological polar surface area (TPSA) is 50.2 Å². The Labute approximate surface area is 147 Å². The van der Waals surface area contributed by atoms with Gasteiger partial charge in [-0.1, -0.05) is 19.1 Å². The molecule has 0 atom stereocenters. The van der Waals surface area contributed by atoms with Gasteiger partial charge in [0.25, 0.3) is 0 Å². The number of para-hydroxylation sites is 1. The number of hydrogen-bond acceptors (Lipinski definition) is 3. The van der Waals surface area contributed by atoms with Gasteiger partial charge in [-0.25, -0.2) is 9.37 Å². The van der Waals surface area contributed by atoms with E-state index in [-0.39, 0.29) is 11.6 Å². The SMILES string of the molecule is CCc1nccn1CC1CCN(CC(=O)Nc2ccccc2F)CC1. The molecule has 1 amide bonds. The van der Waals surface area contributed by atoms with Gasteiger partial charge in [0.05, 0.1) is 12.2 Å². The number of nitrogens with one attached hydrogen (secondary N) is 1. The number of benzene rings is 1. The minimum absolute atomic E-state index is 0.161. The molecule has 134 valence electrons. The van der Waals surface area contributed by atoms with Gasteiger partial charge < -0.3 is 9.88 Å². The second-order valence-corrected chi connectivity index (χ2v) is 6.60. The molecule has 1 saturated heterocycles. The summed E-state index contributed by atoms with van der Waals surface area (Å²) in [7, 11) is 0. The minimum atomic E-state index is -0.401. The first-order chi connectivity index (χ1) is 12.2. The van der Waals surface area contributed by atoms with E-state index in [4.69, 9.17) is 0 Å². The molecule has 1 N–H and O–H groups in total. The van der Waals surface area contributed by atoms with Crippen LogP contribution in [0, 0.1) is 11.7 Å². The Morgan fingerprint density at radius 2 is 2.08 bits per heavy atom. The molecule has 3 rings (SSSR count). The van der Waals surface area contributed by atoms with Crippen molar-refractivity contribution in [2.24, 2.45) is 5.92 Å². The number of aryl methyl sites for hydroxylation is 1. The summed E-state index contributed by atoms with van der Waals surface area (Å²) in [6, 6.07) is 6.25. The molecule has 0 spiro atoms. The van der Waals surface area contributed by atoms with Gasteiger partial charge in [0.15, 0.2) is 0 Å². The van der Waals surface area contributed by atoms with Gasteiger partial charge in [-0.2, -0.15) is 0 Å². The number of hydrogen-bond donors (Lipinski definition) is 1. The molecule has 0 unspecified atom stereocenters. The molecular weight excluding hydrogens is 319 g/mol. The minimum Gasteiger partial charge on any atom is -0.335 e. The van der Waals surface area contributed by atoms with Crippen molar-refractivity contribution in [2.75, 3.05) is 25.0 Å². The summed E-state index contributed by atoms with van der Waals surface area (Å²) < 4.78 is 15.8. The van der Waals surface area contributed by atoms with Crippen molar-refractivity contribution in [1.29, 1.82) is 0 Å². The Morgan fingerprint density at radius 3 is 2.80 bits per heavy atom. The summed E-state index contributed by atoms with van der Waals surface area (Å²) >= 11 is 0. The van der Waals surface area contributed by atoms with Crippen molar-refractivity contribution in [1.82, 2.24) is 14.5 Å². The van der Waals surface area contributed by atoms with Crippen molar-refractivity contribution >= 4 is 11.6 Å². The van der Waals surface area contributed by atoms with Crippen LogP contribution in [-0.4, -0.2) is 40.0 Å².